The summed E-state index contributed by atoms with van der Waals surface area (Å²) in [4.78, 5) is 1.42. The highest BCUT2D eigenvalue weighted by molar-refractivity contribution is 9.11. The van der Waals surface area contributed by atoms with Crippen LogP contribution in [0.4, 0.5) is 0 Å². The normalized spacial score (nSPS) is 13.0. The van der Waals surface area contributed by atoms with E-state index in [0.29, 0.717) is 6.04 Å². The third-order valence-electron chi connectivity index (χ3n) is 2.29. The van der Waals surface area contributed by atoms with E-state index in [1.54, 1.807) is 18.4 Å². The Hall–Kier alpha value is 0.1000. The molecule has 0 aromatic carbocycles. The highest BCUT2D eigenvalue weighted by Crippen LogP contribution is 2.22. The predicted octanol–water partition coefficient (Wildman–Crippen LogP) is 3.07. The number of thiophene rings is 1. The second-order valence-corrected chi connectivity index (χ2v) is 6.02. The monoisotopic (exact) mass is 291 g/mol. The molecule has 1 heterocycles. The van der Waals surface area contributed by atoms with Gasteiger partial charge >= 0.3 is 0 Å². The topological polar surface area (TPSA) is 21.3 Å². The molecular formula is C11H18BrNOS. The van der Waals surface area contributed by atoms with Crippen molar-refractivity contribution in [1.29, 1.82) is 0 Å². The number of hydrogen-bond donors (Lipinski definition) is 1. The Bertz CT molecular complexity index is 277. The summed E-state index contributed by atoms with van der Waals surface area (Å²) in [6.07, 6.45) is 2.21. The highest BCUT2D eigenvalue weighted by Gasteiger charge is 2.04. The van der Waals surface area contributed by atoms with Crippen LogP contribution in [0, 0.1) is 0 Å². The standard InChI is InChI=1S/C11H18BrNOS/c1-3-9(8-14-2)13-7-6-10-4-5-11(12)15-10/h4-5,9,13H,3,6-8H2,1-2H3. The van der Waals surface area contributed by atoms with Crippen molar-refractivity contribution in [2.45, 2.75) is 25.8 Å². The van der Waals surface area contributed by atoms with Gasteiger partial charge in [0.2, 0.25) is 0 Å². The maximum absolute atomic E-state index is 5.13. The summed E-state index contributed by atoms with van der Waals surface area (Å²) >= 11 is 5.28. The third-order valence-corrected chi connectivity index (χ3v) is 3.98. The summed E-state index contributed by atoms with van der Waals surface area (Å²) in [5, 5.41) is 3.49. The Kier molecular flexibility index (Phi) is 6.48. The molecule has 1 aromatic heterocycles. The van der Waals surface area contributed by atoms with Crippen LogP contribution in [0.1, 0.15) is 18.2 Å². The molecule has 0 fully saturated rings. The van der Waals surface area contributed by atoms with Crippen LogP contribution in [-0.2, 0) is 11.2 Å². The molecular weight excluding hydrogens is 274 g/mol. The molecule has 0 aliphatic carbocycles. The van der Waals surface area contributed by atoms with Crippen LogP contribution in [0.3, 0.4) is 0 Å². The van der Waals surface area contributed by atoms with Crippen LogP contribution in [0.15, 0.2) is 15.9 Å². The van der Waals surface area contributed by atoms with Gasteiger partial charge in [0.1, 0.15) is 0 Å². The van der Waals surface area contributed by atoms with Crippen molar-refractivity contribution in [3.8, 4) is 0 Å². The van der Waals surface area contributed by atoms with Crippen LogP contribution in [0.2, 0.25) is 0 Å². The van der Waals surface area contributed by atoms with Crippen molar-refractivity contribution in [3.63, 3.8) is 0 Å². The molecule has 0 saturated carbocycles. The number of ether oxygens (including phenoxy) is 1. The molecule has 1 aromatic rings. The molecule has 0 bridgehead atoms. The minimum Gasteiger partial charge on any atom is -0.383 e. The smallest absolute Gasteiger partial charge is 0.0701 e. The summed E-state index contributed by atoms with van der Waals surface area (Å²) in [6, 6.07) is 4.76. The van der Waals surface area contributed by atoms with Crippen molar-refractivity contribution in [1.82, 2.24) is 5.32 Å². The molecule has 15 heavy (non-hydrogen) atoms. The van der Waals surface area contributed by atoms with Gasteiger partial charge in [-0.1, -0.05) is 6.92 Å². The van der Waals surface area contributed by atoms with Crippen LogP contribution < -0.4 is 5.32 Å². The molecule has 1 N–H and O–H groups in total. The van der Waals surface area contributed by atoms with Gasteiger partial charge in [0, 0.05) is 24.6 Å². The number of hydrogen-bond acceptors (Lipinski definition) is 3. The zero-order chi connectivity index (χ0) is 11.1. The highest BCUT2D eigenvalue weighted by atomic mass is 79.9. The first kappa shape index (κ1) is 13.2. The Morgan fingerprint density at radius 2 is 2.33 bits per heavy atom. The molecule has 1 unspecified atom stereocenters. The van der Waals surface area contributed by atoms with Crippen molar-refractivity contribution in [3.05, 3.63) is 20.8 Å². The first-order valence-electron chi connectivity index (χ1n) is 5.22. The second-order valence-electron chi connectivity index (χ2n) is 3.47. The average molecular weight is 292 g/mol. The fraction of sp³-hybridized carbons (Fsp3) is 0.636. The van der Waals surface area contributed by atoms with E-state index < -0.39 is 0 Å². The largest absolute Gasteiger partial charge is 0.383 e. The van der Waals surface area contributed by atoms with Crippen LogP contribution in [0.25, 0.3) is 0 Å². The van der Waals surface area contributed by atoms with Crippen molar-refractivity contribution in [2.75, 3.05) is 20.3 Å². The number of halogens is 1. The molecule has 0 aliphatic heterocycles. The maximum Gasteiger partial charge on any atom is 0.0701 e. The molecule has 2 nitrogen and oxygen atoms in total. The lowest BCUT2D eigenvalue weighted by atomic mass is 10.2. The molecule has 0 amide bonds. The van der Waals surface area contributed by atoms with E-state index in [-0.39, 0.29) is 0 Å². The average Bonchev–Trinajstić information content (AvgIpc) is 2.63. The number of rotatable bonds is 7. The lowest BCUT2D eigenvalue weighted by molar-refractivity contribution is 0.165. The first-order valence-corrected chi connectivity index (χ1v) is 6.83. The fourth-order valence-electron chi connectivity index (χ4n) is 1.41. The van der Waals surface area contributed by atoms with E-state index in [1.165, 1.54) is 8.66 Å². The first-order chi connectivity index (χ1) is 7.26. The Morgan fingerprint density at radius 3 is 2.87 bits per heavy atom. The Labute approximate surface area is 104 Å². The van der Waals surface area contributed by atoms with Crippen LogP contribution >= 0.6 is 27.3 Å². The van der Waals surface area contributed by atoms with E-state index in [9.17, 15) is 0 Å². The summed E-state index contributed by atoms with van der Waals surface area (Å²) < 4.78 is 6.34. The van der Waals surface area contributed by atoms with Gasteiger partial charge in [0.15, 0.2) is 0 Å². The molecule has 1 rings (SSSR count). The van der Waals surface area contributed by atoms with Crippen molar-refractivity contribution >= 4 is 27.3 Å². The molecule has 0 radical (unpaired) electrons. The van der Waals surface area contributed by atoms with E-state index in [1.807, 2.05) is 0 Å². The van der Waals surface area contributed by atoms with Gasteiger partial charge in [-0.05, 0) is 40.9 Å². The van der Waals surface area contributed by atoms with E-state index >= 15 is 0 Å². The van der Waals surface area contributed by atoms with Gasteiger partial charge in [-0.3, -0.25) is 0 Å². The quantitative estimate of drug-likeness (QED) is 0.834. The summed E-state index contributed by atoms with van der Waals surface area (Å²) in [6.45, 7) is 4.00. The minimum atomic E-state index is 0.485. The summed E-state index contributed by atoms with van der Waals surface area (Å²) in [5.74, 6) is 0. The molecule has 0 aliphatic rings. The van der Waals surface area contributed by atoms with Crippen LogP contribution in [0.5, 0.6) is 0 Å². The second kappa shape index (κ2) is 7.39. The fourth-order valence-corrected chi connectivity index (χ4v) is 2.89. The summed E-state index contributed by atoms with van der Waals surface area (Å²) in [7, 11) is 1.75. The molecule has 4 heteroatoms. The predicted molar refractivity (Wildman–Crippen MR) is 69.7 cm³/mol. The molecule has 0 spiro atoms. The van der Waals surface area contributed by atoms with Gasteiger partial charge in [-0.2, -0.15) is 0 Å². The Morgan fingerprint density at radius 1 is 1.53 bits per heavy atom. The van der Waals surface area contributed by atoms with Crippen molar-refractivity contribution < 1.29 is 4.74 Å². The molecule has 86 valence electrons. The van der Waals surface area contributed by atoms with Gasteiger partial charge in [0.25, 0.3) is 0 Å². The SMILES string of the molecule is CCC(COC)NCCc1ccc(Br)s1. The van der Waals surface area contributed by atoms with Crippen molar-refractivity contribution in [2.24, 2.45) is 0 Å². The molecule has 1 atom stereocenters. The van der Waals surface area contributed by atoms with Gasteiger partial charge < -0.3 is 10.1 Å². The van der Waals surface area contributed by atoms with Gasteiger partial charge in [-0.25, -0.2) is 0 Å². The zero-order valence-corrected chi connectivity index (χ0v) is 11.7. The van der Waals surface area contributed by atoms with E-state index in [0.717, 1.165) is 26.0 Å². The lowest BCUT2D eigenvalue weighted by Gasteiger charge is -2.15. The number of nitrogens with one attached hydrogen (secondary N) is 1. The molecule has 0 saturated heterocycles. The van der Waals surface area contributed by atoms with Gasteiger partial charge in [-0.15, -0.1) is 11.3 Å². The zero-order valence-electron chi connectivity index (χ0n) is 9.25. The van der Waals surface area contributed by atoms with Crippen LogP contribution in [-0.4, -0.2) is 26.3 Å². The third kappa shape index (κ3) is 5.11. The number of methoxy groups -OCH3 is 1. The van der Waals surface area contributed by atoms with E-state index in [4.69, 9.17) is 4.74 Å². The Balaban J connectivity index is 2.20. The summed E-state index contributed by atoms with van der Waals surface area (Å²) in [5.41, 5.74) is 0. The van der Waals surface area contributed by atoms with Gasteiger partial charge in [0.05, 0.1) is 10.4 Å². The minimum absolute atomic E-state index is 0.485. The maximum atomic E-state index is 5.13. The lowest BCUT2D eigenvalue weighted by Crippen LogP contribution is -2.33. The van der Waals surface area contributed by atoms with E-state index in [2.05, 4.69) is 40.3 Å².